The second-order valence-corrected chi connectivity index (χ2v) is 4.78. The molecule has 0 amide bonds. The van der Waals surface area contributed by atoms with Gasteiger partial charge in [0.15, 0.2) is 5.11 Å². The maximum atomic E-state index is 5.73. The van der Waals surface area contributed by atoms with E-state index >= 15 is 0 Å². The van der Waals surface area contributed by atoms with Crippen LogP contribution in [0.5, 0.6) is 11.5 Å². The van der Waals surface area contributed by atoms with Crippen LogP contribution in [0.15, 0.2) is 67.3 Å². The highest BCUT2D eigenvalue weighted by Gasteiger charge is 2.00. The number of rotatable bonds is 4. The zero-order valence-electron chi connectivity index (χ0n) is 11.5. The second-order valence-electron chi connectivity index (χ2n) is 4.37. The molecule has 7 heteroatoms. The van der Waals surface area contributed by atoms with Crippen molar-refractivity contribution < 1.29 is 4.74 Å². The lowest BCUT2D eigenvalue weighted by molar-refractivity contribution is 0.483. The predicted molar refractivity (Wildman–Crippen MR) is 88.6 cm³/mol. The Balaban J connectivity index is 1.58. The van der Waals surface area contributed by atoms with Gasteiger partial charge in [-0.2, -0.15) is 0 Å². The van der Waals surface area contributed by atoms with E-state index in [1.807, 2.05) is 54.6 Å². The first-order chi connectivity index (χ1) is 10.8. The lowest BCUT2D eigenvalue weighted by Gasteiger charge is -2.11. The van der Waals surface area contributed by atoms with Gasteiger partial charge in [0.25, 0.3) is 0 Å². The van der Waals surface area contributed by atoms with Crippen molar-refractivity contribution >= 4 is 23.0 Å². The van der Waals surface area contributed by atoms with Crippen molar-refractivity contribution in [3.63, 3.8) is 0 Å². The average Bonchev–Trinajstić information content (AvgIpc) is 3.03. The lowest BCUT2D eigenvalue weighted by Crippen LogP contribution is -2.26. The Morgan fingerprint density at radius 3 is 2.23 bits per heavy atom. The molecule has 0 unspecified atom stereocenters. The van der Waals surface area contributed by atoms with Gasteiger partial charge in [0.05, 0.1) is 0 Å². The molecule has 0 aliphatic rings. The molecule has 3 rings (SSSR count). The van der Waals surface area contributed by atoms with Crippen LogP contribution in [-0.4, -0.2) is 20.0 Å². The predicted octanol–water partition coefficient (Wildman–Crippen LogP) is 3.01. The largest absolute Gasteiger partial charge is 0.457 e. The van der Waals surface area contributed by atoms with Gasteiger partial charge in [-0.05, 0) is 48.6 Å². The Hall–Kier alpha value is -2.93. The molecule has 3 aromatic rings. The molecule has 2 aromatic carbocycles. The summed E-state index contributed by atoms with van der Waals surface area (Å²) in [6, 6.07) is 17.1. The first-order valence-corrected chi connectivity index (χ1v) is 6.96. The molecule has 0 aliphatic carbocycles. The molecule has 0 bridgehead atoms. The summed E-state index contributed by atoms with van der Waals surface area (Å²) < 4.78 is 7.28. The van der Waals surface area contributed by atoms with Crippen LogP contribution in [0.2, 0.25) is 0 Å². The van der Waals surface area contributed by atoms with Crippen LogP contribution in [-0.2, 0) is 0 Å². The van der Waals surface area contributed by atoms with Crippen molar-refractivity contribution in [3.8, 4) is 11.5 Å². The molecule has 2 N–H and O–H groups in total. The van der Waals surface area contributed by atoms with E-state index in [1.165, 1.54) is 12.7 Å². The number of nitrogens with one attached hydrogen (secondary N) is 2. The average molecular weight is 311 g/mol. The number of hydrogen-bond acceptors (Lipinski definition) is 4. The summed E-state index contributed by atoms with van der Waals surface area (Å²) in [6.45, 7) is 0. The smallest absolute Gasteiger partial charge is 0.190 e. The highest BCUT2D eigenvalue weighted by molar-refractivity contribution is 7.80. The van der Waals surface area contributed by atoms with Crippen LogP contribution in [0.3, 0.4) is 0 Å². The maximum Gasteiger partial charge on any atom is 0.190 e. The fraction of sp³-hybridized carbons (Fsp3) is 0. The highest BCUT2D eigenvalue weighted by atomic mass is 32.1. The molecule has 110 valence electrons. The summed E-state index contributed by atoms with van der Waals surface area (Å²) >= 11 is 5.19. The van der Waals surface area contributed by atoms with Crippen molar-refractivity contribution in [2.75, 3.05) is 10.7 Å². The zero-order chi connectivity index (χ0) is 15.2. The zero-order valence-corrected chi connectivity index (χ0v) is 12.3. The number of anilines is 1. The summed E-state index contributed by atoms with van der Waals surface area (Å²) in [5, 5.41) is 10.9. The second kappa shape index (κ2) is 6.68. The van der Waals surface area contributed by atoms with Gasteiger partial charge in [-0.1, -0.05) is 18.2 Å². The molecule has 1 heterocycles. The van der Waals surface area contributed by atoms with E-state index in [1.54, 1.807) is 4.68 Å². The fourth-order valence-electron chi connectivity index (χ4n) is 1.77. The summed E-state index contributed by atoms with van der Waals surface area (Å²) in [5.41, 5.74) is 3.76. The van der Waals surface area contributed by atoms with Gasteiger partial charge in [0.2, 0.25) is 0 Å². The van der Waals surface area contributed by atoms with Gasteiger partial charge in [0.1, 0.15) is 24.2 Å². The molecule has 0 aliphatic heterocycles. The van der Waals surface area contributed by atoms with Gasteiger partial charge < -0.3 is 10.1 Å². The molecule has 1 aromatic heterocycles. The van der Waals surface area contributed by atoms with Crippen molar-refractivity contribution in [1.82, 2.24) is 14.9 Å². The third-order valence-electron chi connectivity index (χ3n) is 2.74. The van der Waals surface area contributed by atoms with Crippen LogP contribution in [0.1, 0.15) is 0 Å². The molecule has 0 fully saturated rings. The number of ether oxygens (including phenoxy) is 1. The number of thiocarbonyl (C=S) groups is 1. The topological polar surface area (TPSA) is 64.0 Å². The van der Waals surface area contributed by atoms with Crippen LogP contribution in [0.25, 0.3) is 0 Å². The summed E-state index contributed by atoms with van der Waals surface area (Å²) in [7, 11) is 0. The summed E-state index contributed by atoms with van der Waals surface area (Å²) in [4.78, 5) is 0. The maximum absolute atomic E-state index is 5.73. The molecule has 0 atom stereocenters. The quantitative estimate of drug-likeness (QED) is 0.722. The normalized spacial score (nSPS) is 10.0. The van der Waals surface area contributed by atoms with E-state index < -0.39 is 0 Å². The van der Waals surface area contributed by atoms with E-state index in [9.17, 15) is 0 Å². The number of benzene rings is 2. The first kappa shape index (κ1) is 14.0. The van der Waals surface area contributed by atoms with Gasteiger partial charge in [-0.15, -0.1) is 10.2 Å². The summed E-state index contributed by atoms with van der Waals surface area (Å²) in [6.07, 6.45) is 3.04. The molecular formula is C15H13N5OS. The van der Waals surface area contributed by atoms with Crippen molar-refractivity contribution in [3.05, 3.63) is 67.3 Å². The van der Waals surface area contributed by atoms with E-state index in [0.29, 0.717) is 5.11 Å². The molecule has 0 saturated carbocycles. The Bertz CT molecular complexity index is 728. The van der Waals surface area contributed by atoms with Crippen molar-refractivity contribution in [1.29, 1.82) is 0 Å². The van der Waals surface area contributed by atoms with Gasteiger partial charge in [0, 0.05) is 5.69 Å². The van der Waals surface area contributed by atoms with Gasteiger partial charge in [-0.3, -0.25) is 5.43 Å². The fourth-order valence-corrected chi connectivity index (χ4v) is 1.99. The Morgan fingerprint density at radius 2 is 1.55 bits per heavy atom. The third kappa shape index (κ3) is 3.80. The van der Waals surface area contributed by atoms with Gasteiger partial charge >= 0.3 is 0 Å². The SMILES string of the molecule is S=C(Nc1ccc(Oc2ccccc2)cc1)Nn1cnnc1. The standard InChI is InChI=1S/C15H13N5OS/c22-15(19-20-10-16-17-11-20)18-12-6-8-14(9-7-12)21-13-4-2-1-3-5-13/h1-11H,(H2,18,19,22). The molecule has 6 nitrogen and oxygen atoms in total. The molecule has 0 spiro atoms. The van der Waals surface area contributed by atoms with Gasteiger partial charge in [-0.25, -0.2) is 4.68 Å². The minimum atomic E-state index is 0.441. The Kier molecular flexibility index (Phi) is 4.26. The van der Waals surface area contributed by atoms with E-state index in [4.69, 9.17) is 17.0 Å². The van der Waals surface area contributed by atoms with Crippen LogP contribution in [0, 0.1) is 0 Å². The Labute approximate surface area is 132 Å². The molecule has 22 heavy (non-hydrogen) atoms. The molecule has 0 saturated heterocycles. The number of para-hydroxylation sites is 1. The minimum absolute atomic E-state index is 0.441. The lowest BCUT2D eigenvalue weighted by atomic mass is 10.3. The first-order valence-electron chi connectivity index (χ1n) is 6.55. The third-order valence-corrected chi connectivity index (χ3v) is 2.93. The van der Waals surface area contributed by atoms with Crippen LogP contribution in [0.4, 0.5) is 5.69 Å². The van der Waals surface area contributed by atoms with Crippen LogP contribution >= 0.6 is 12.2 Å². The van der Waals surface area contributed by atoms with E-state index in [2.05, 4.69) is 20.9 Å². The summed E-state index contributed by atoms with van der Waals surface area (Å²) in [5.74, 6) is 1.56. The molecule has 0 radical (unpaired) electrons. The number of nitrogens with zero attached hydrogens (tertiary/aromatic N) is 3. The van der Waals surface area contributed by atoms with E-state index in [0.717, 1.165) is 17.2 Å². The Morgan fingerprint density at radius 1 is 0.909 bits per heavy atom. The molecular weight excluding hydrogens is 298 g/mol. The van der Waals surface area contributed by atoms with Crippen molar-refractivity contribution in [2.24, 2.45) is 0 Å². The number of aromatic nitrogens is 3. The monoisotopic (exact) mass is 311 g/mol. The minimum Gasteiger partial charge on any atom is -0.457 e. The van der Waals surface area contributed by atoms with E-state index in [-0.39, 0.29) is 0 Å². The van der Waals surface area contributed by atoms with Crippen LogP contribution < -0.4 is 15.5 Å². The number of hydrogen-bond donors (Lipinski definition) is 2. The van der Waals surface area contributed by atoms with Crippen molar-refractivity contribution in [2.45, 2.75) is 0 Å². The highest BCUT2D eigenvalue weighted by Crippen LogP contribution is 2.22.